The molecule has 15 heavy (non-hydrogen) atoms. The summed E-state index contributed by atoms with van der Waals surface area (Å²) in [6.45, 7) is 6.11. The minimum Gasteiger partial charge on any atom is -0.394 e. The van der Waals surface area contributed by atoms with Gasteiger partial charge in [-0.15, -0.1) is 0 Å². The molecule has 1 rings (SSSR count). The van der Waals surface area contributed by atoms with E-state index in [0.717, 1.165) is 0 Å². The predicted molar refractivity (Wildman–Crippen MR) is 63.2 cm³/mol. The van der Waals surface area contributed by atoms with Crippen LogP contribution in [0.2, 0.25) is 5.15 Å². The zero-order valence-electron chi connectivity index (χ0n) is 9.29. The van der Waals surface area contributed by atoms with E-state index in [9.17, 15) is 5.11 Å². The molecule has 0 saturated heterocycles. The van der Waals surface area contributed by atoms with E-state index in [0.29, 0.717) is 16.9 Å². The Balaban J connectivity index is 2.84. The molecule has 1 aromatic heterocycles. The van der Waals surface area contributed by atoms with Crippen LogP contribution in [0.15, 0.2) is 18.2 Å². The van der Waals surface area contributed by atoms with Gasteiger partial charge < -0.3 is 10.4 Å². The molecular formula is C11H17ClN2O. The summed E-state index contributed by atoms with van der Waals surface area (Å²) < 4.78 is 0. The van der Waals surface area contributed by atoms with Crippen molar-refractivity contribution in [3.63, 3.8) is 0 Å². The van der Waals surface area contributed by atoms with E-state index >= 15 is 0 Å². The van der Waals surface area contributed by atoms with Crippen molar-refractivity contribution in [3.8, 4) is 0 Å². The Morgan fingerprint density at radius 2 is 2.20 bits per heavy atom. The molecule has 1 heterocycles. The molecule has 1 aromatic rings. The molecule has 0 amide bonds. The van der Waals surface area contributed by atoms with Crippen molar-refractivity contribution in [1.29, 1.82) is 0 Å². The lowest BCUT2D eigenvalue weighted by Crippen LogP contribution is -2.44. The van der Waals surface area contributed by atoms with Gasteiger partial charge in [0, 0.05) is 0 Å². The average Bonchev–Trinajstić information content (AvgIpc) is 2.17. The summed E-state index contributed by atoms with van der Waals surface area (Å²) in [5.74, 6) is 0.982. The minimum atomic E-state index is -0.377. The lowest BCUT2D eigenvalue weighted by Gasteiger charge is -2.33. The smallest absolute Gasteiger partial charge is 0.131 e. The van der Waals surface area contributed by atoms with Crippen molar-refractivity contribution < 1.29 is 5.11 Å². The highest BCUT2D eigenvalue weighted by Crippen LogP contribution is 2.22. The third-order valence-electron chi connectivity index (χ3n) is 2.73. The summed E-state index contributed by atoms with van der Waals surface area (Å²) in [7, 11) is 0. The van der Waals surface area contributed by atoms with Crippen LogP contribution >= 0.6 is 11.6 Å². The van der Waals surface area contributed by atoms with E-state index in [1.807, 2.05) is 32.9 Å². The molecule has 0 saturated carbocycles. The highest BCUT2D eigenvalue weighted by molar-refractivity contribution is 6.29. The molecule has 3 nitrogen and oxygen atoms in total. The first-order chi connectivity index (χ1) is 6.98. The maximum atomic E-state index is 9.36. The molecule has 0 aromatic carbocycles. The second kappa shape index (κ2) is 4.81. The van der Waals surface area contributed by atoms with Crippen LogP contribution in [0.5, 0.6) is 0 Å². The van der Waals surface area contributed by atoms with E-state index < -0.39 is 0 Å². The van der Waals surface area contributed by atoms with E-state index in [-0.39, 0.29) is 12.1 Å². The van der Waals surface area contributed by atoms with Crippen LogP contribution in [0.3, 0.4) is 0 Å². The standard InChI is InChI=1S/C11H17ClN2O/c1-8(2)11(3,7-15)14-10-6-4-5-9(12)13-10/h4-6,8,15H,7H2,1-3H3,(H,13,14). The first-order valence-electron chi connectivity index (χ1n) is 4.99. The van der Waals surface area contributed by atoms with Crippen LogP contribution in [-0.2, 0) is 0 Å². The molecule has 0 fully saturated rings. The zero-order chi connectivity index (χ0) is 11.5. The summed E-state index contributed by atoms with van der Waals surface area (Å²) in [6.07, 6.45) is 0. The molecule has 0 radical (unpaired) electrons. The molecule has 1 unspecified atom stereocenters. The number of pyridine rings is 1. The molecular weight excluding hydrogens is 212 g/mol. The number of hydrogen-bond acceptors (Lipinski definition) is 3. The number of aliphatic hydroxyl groups excluding tert-OH is 1. The van der Waals surface area contributed by atoms with Gasteiger partial charge in [0.25, 0.3) is 0 Å². The van der Waals surface area contributed by atoms with Crippen LogP contribution in [-0.4, -0.2) is 22.2 Å². The van der Waals surface area contributed by atoms with Crippen molar-refractivity contribution in [2.45, 2.75) is 26.3 Å². The third kappa shape index (κ3) is 3.08. The number of aromatic nitrogens is 1. The Morgan fingerprint density at radius 1 is 1.53 bits per heavy atom. The van der Waals surface area contributed by atoms with Crippen LogP contribution in [0, 0.1) is 5.92 Å². The van der Waals surface area contributed by atoms with Gasteiger partial charge in [0.2, 0.25) is 0 Å². The summed E-state index contributed by atoms with van der Waals surface area (Å²) in [4.78, 5) is 4.13. The molecule has 0 bridgehead atoms. The number of halogens is 1. The van der Waals surface area contributed by atoms with E-state index in [2.05, 4.69) is 10.3 Å². The van der Waals surface area contributed by atoms with Crippen molar-refractivity contribution in [2.24, 2.45) is 5.92 Å². The molecule has 0 aliphatic heterocycles. The lowest BCUT2D eigenvalue weighted by atomic mass is 9.89. The van der Waals surface area contributed by atoms with Gasteiger partial charge in [0.15, 0.2) is 0 Å². The maximum Gasteiger partial charge on any atom is 0.131 e. The van der Waals surface area contributed by atoms with Gasteiger partial charge in [-0.25, -0.2) is 4.98 Å². The number of nitrogens with one attached hydrogen (secondary N) is 1. The number of hydrogen-bond donors (Lipinski definition) is 2. The van der Waals surface area contributed by atoms with Crippen LogP contribution in [0.25, 0.3) is 0 Å². The Bertz CT molecular complexity index is 330. The van der Waals surface area contributed by atoms with Gasteiger partial charge in [-0.2, -0.15) is 0 Å². The predicted octanol–water partition coefficient (Wildman–Crippen LogP) is 2.55. The van der Waals surface area contributed by atoms with Crippen molar-refractivity contribution in [2.75, 3.05) is 11.9 Å². The highest BCUT2D eigenvalue weighted by atomic mass is 35.5. The quantitative estimate of drug-likeness (QED) is 0.779. The first-order valence-corrected chi connectivity index (χ1v) is 5.37. The largest absolute Gasteiger partial charge is 0.394 e. The number of aliphatic hydroxyl groups is 1. The molecule has 1 atom stereocenters. The Kier molecular flexibility index (Phi) is 3.94. The van der Waals surface area contributed by atoms with Crippen LogP contribution in [0.1, 0.15) is 20.8 Å². The summed E-state index contributed by atoms with van der Waals surface area (Å²) >= 11 is 5.78. The Labute approximate surface area is 95.5 Å². The second-order valence-electron chi connectivity index (χ2n) is 4.20. The third-order valence-corrected chi connectivity index (χ3v) is 2.94. The second-order valence-corrected chi connectivity index (χ2v) is 4.59. The molecule has 84 valence electrons. The van der Waals surface area contributed by atoms with Gasteiger partial charge >= 0.3 is 0 Å². The van der Waals surface area contributed by atoms with Crippen LogP contribution in [0.4, 0.5) is 5.82 Å². The topological polar surface area (TPSA) is 45.1 Å². The van der Waals surface area contributed by atoms with E-state index in [1.165, 1.54) is 0 Å². The summed E-state index contributed by atoms with van der Waals surface area (Å²) in [6, 6.07) is 5.39. The molecule has 0 aliphatic rings. The lowest BCUT2D eigenvalue weighted by molar-refractivity contribution is 0.185. The van der Waals surface area contributed by atoms with Gasteiger partial charge in [0.05, 0.1) is 12.1 Å². The summed E-state index contributed by atoms with van der Waals surface area (Å²) in [5.41, 5.74) is -0.377. The zero-order valence-corrected chi connectivity index (χ0v) is 10.0. The highest BCUT2D eigenvalue weighted by Gasteiger charge is 2.27. The monoisotopic (exact) mass is 228 g/mol. The minimum absolute atomic E-state index is 0.0544. The van der Waals surface area contributed by atoms with Crippen LogP contribution < -0.4 is 5.32 Å². The van der Waals surface area contributed by atoms with Crippen molar-refractivity contribution in [1.82, 2.24) is 4.98 Å². The fourth-order valence-electron chi connectivity index (χ4n) is 1.14. The molecule has 4 heteroatoms. The van der Waals surface area contributed by atoms with E-state index in [4.69, 9.17) is 11.6 Å². The van der Waals surface area contributed by atoms with Crippen molar-refractivity contribution in [3.05, 3.63) is 23.4 Å². The number of nitrogens with zero attached hydrogens (tertiary/aromatic N) is 1. The van der Waals surface area contributed by atoms with Gasteiger partial charge in [0.1, 0.15) is 11.0 Å². The average molecular weight is 229 g/mol. The Hall–Kier alpha value is -0.800. The maximum absolute atomic E-state index is 9.36. The van der Waals surface area contributed by atoms with Gasteiger partial charge in [-0.05, 0) is 25.0 Å². The SMILES string of the molecule is CC(C)C(C)(CO)Nc1cccc(Cl)n1. The van der Waals surface area contributed by atoms with Gasteiger partial charge in [-0.3, -0.25) is 0 Å². The first kappa shape index (κ1) is 12.3. The molecule has 2 N–H and O–H groups in total. The van der Waals surface area contributed by atoms with Crippen molar-refractivity contribution >= 4 is 17.4 Å². The fraction of sp³-hybridized carbons (Fsp3) is 0.545. The Morgan fingerprint density at radius 3 is 2.67 bits per heavy atom. The number of rotatable bonds is 4. The molecule has 0 aliphatic carbocycles. The number of anilines is 1. The molecule has 0 spiro atoms. The normalized spacial score (nSPS) is 15.1. The fourth-order valence-corrected chi connectivity index (χ4v) is 1.30. The van der Waals surface area contributed by atoms with Gasteiger partial charge in [-0.1, -0.05) is 31.5 Å². The van der Waals surface area contributed by atoms with E-state index in [1.54, 1.807) is 6.07 Å². The summed E-state index contributed by atoms with van der Waals surface area (Å²) in [5, 5.41) is 13.0.